The van der Waals surface area contributed by atoms with Crippen molar-refractivity contribution in [3.8, 4) is 0 Å². The van der Waals surface area contributed by atoms with E-state index in [1.807, 2.05) is 0 Å². The zero-order chi connectivity index (χ0) is 14.9. The van der Waals surface area contributed by atoms with Gasteiger partial charge in [-0.2, -0.15) is 0 Å². The van der Waals surface area contributed by atoms with Crippen LogP contribution in [0.25, 0.3) is 0 Å². The molecule has 0 spiro atoms. The van der Waals surface area contributed by atoms with Gasteiger partial charge in [-0.1, -0.05) is 65.7 Å². The van der Waals surface area contributed by atoms with Crippen LogP contribution in [-0.4, -0.2) is 11.9 Å². The van der Waals surface area contributed by atoms with Crippen molar-refractivity contribution in [2.45, 2.75) is 72.1 Å². The third-order valence-corrected chi connectivity index (χ3v) is 3.89. The van der Waals surface area contributed by atoms with E-state index in [2.05, 4.69) is 6.92 Å². The molecule has 112 valence electrons. The van der Waals surface area contributed by atoms with Gasteiger partial charge in [0.1, 0.15) is 0 Å². The molecule has 0 aliphatic heterocycles. The van der Waals surface area contributed by atoms with E-state index in [1.165, 1.54) is 19.3 Å². The molecule has 0 unspecified atom stereocenters. The second-order valence-corrected chi connectivity index (χ2v) is 5.57. The van der Waals surface area contributed by atoms with Crippen LogP contribution in [0.5, 0.6) is 0 Å². The Hall–Kier alpha value is 1.58. The molecule has 0 aromatic rings. The Kier molecular flexibility index (Phi) is 19.8. The predicted molar refractivity (Wildman–Crippen MR) is 69.9 cm³/mol. The van der Waals surface area contributed by atoms with Crippen LogP contribution in [0.3, 0.4) is 0 Å². The Balaban J connectivity index is -0.00000162. The molecule has 4 nitrogen and oxygen atoms in total. The first kappa shape index (κ1) is 27.4. The summed E-state index contributed by atoms with van der Waals surface area (Å²) in [6.07, 6.45) is 7.29. The van der Waals surface area contributed by atoms with Crippen molar-refractivity contribution in [3.05, 3.63) is 0 Å². The first-order valence-electron chi connectivity index (χ1n) is 7.32. The van der Waals surface area contributed by atoms with E-state index >= 15 is 0 Å². The number of rotatable bonds is 11. The summed E-state index contributed by atoms with van der Waals surface area (Å²) in [4.78, 5) is 22.4. The third kappa shape index (κ3) is 9.45. The quantitative estimate of drug-likeness (QED) is 0.216. The van der Waals surface area contributed by atoms with E-state index in [1.54, 1.807) is 13.8 Å². The molecular formula is C15H26KNaO4. The third-order valence-electron chi connectivity index (χ3n) is 3.89. The average molecular weight is 332 g/mol. The first-order valence-corrected chi connectivity index (χ1v) is 7.32. The van der Waals surface area contributed by atoms with Crippen LogP contribution < -0.4 is 91.2 Å². The van der Waals surface area contributed by atoms with Crippen molar-refractivity contribution >= 4 is 11.9 Å². The average Bonchev–Trinajstić information content (AvgIpc) is 2.31. The Bertz CT molecular complexity index is 281. The van der Waals surface area contributed by atoms with E-state index in [9.17, 15) is 19.8 Å². The minimum Gasteiger partial charge on any atom is -0.549 e. The van der Waals surface area contributed by atoms with Gasteiger partial charge in [0.15, 0.2) is 0 Å². The van der Waals surface area contributed by atoms with Crippen molar-refractivity contribution in [2.24, 2.45) is 11.3 Å². The van der Waals surface area contributed by atoms with E-state index < -0.39 is 23.3 Å². The van der Waals surface area contributed by atoms with Crippen molar-refractivity contribution in [1.82, 2.24) is 0 Å². The van der Waals surface area contributed by atoms with Crippen LogP contribution in [0.2, 0.25) is 0 Å². The number of carboxylic acid groups (broad SMARTS) is 2. The van der Waals surface area contributed by atoms with E-state index in [-0.39, 0.29) is 87.4 Å². The summed E-state index contributed by atoms with van der Waals surface area (Å²) in [5.74, 6) is -3.57. The van der Waals surface area contributed by atoms with Gasteiger partial charge in [0.2, 0.25) is 0 Å². The van der Waals surface area contributed by atoms with Gasteiger partial charge in [-0.15, -0.1) is 0 Å². The smallest absolute Gasteiger partial charge is 0.549 e. The monoisotopic (exact) mass is 332 g/mol. The van der Waals surface area contributed by atoms with Gasteiger partial charge < -0.3 is 19.8 Å². The van der Waals surface area contributed by atoms with E-state index in [0.29, 0.717) is 6.42 Å². The SMILES string of the molecule is CCCCCCCCCC(C(=O)[O-])(C(=O)[O-])C(C)C.[K+].[Na+]. The molecule has 21 heavy (non-hydrogen) atoms. The minimum absolute atomic E-state index is 0. The van der Waals surface area contributed by atoms with Crippen LogP contribution in [0, 0.1) is 11.3 Å². The topological polar surface area (TPSA) is 80.3 Å². The summed E-state index contributed by atoms with van der Waals surface area (Å²) in [6, 6.07) is 0. The van der Waals surface area contributed by atoms with Gasteiger partial charge in [-0.3, -0.25) is 0 Å². The molecule has 0 N–H and O–H groups in total. The zero-order valence-corrected chi connectivity index (χ0v) is 19.5. The summed E-state index contributed by atoms with van der Waals surface area (Å²) in [5, 5.41) is 22.4. The molecular weight excluding hydrogens is 306 g/mol. The molecule has 0 fully saturated rings. The zero-order valence-electron chi connectivity index (χ0n) is 14.4. The Morgan fingerprint density at radius 3 is 1.62 bits per heavy atom. The summed E-state index contributed by atoms with van der Waals surface area (Å²) >= 11 is 0. The van der Waals surface area contributed by atoms with Crippen LogP contribution in [0.4, 0.5) is 0 Å². The number of aliphatic carboxylic acids is 2. The fourth-order valence-corrected chi connectivity index (χ4v) is 2.41. The number of carbonyl (C=O) groups excluding carboxylic acids is 2. The standard InChI is InChI=1S/C15H28O4.K.Na/c1-4-5-6-7-8-9-10-11-15(12(2)3,13(16)17)14(18)19;;/h12H,4-11H2,1-3H3,(H,16,17)(H,18,19);;/q;2*+1/p-2. The Morgan fingerprint density at radius 1 is 0.905 bits per heavy atom. The van der Waals surface area contributed by atoms with Gasteiger partial charge in [0, 0.05) is 0 Å². The van der Waals surface area contributed by atoms with Crippen LogP contribution in [0.15, 0.2) is 0 Å². The molecule has 0 aromatic carbocycles. The van der Waals surface area contributed by atoms with Gasteiger partial charge in [0.05, 0.1) is 17.4 Å². The van der Waals surface area contributed by atoms with Crippen molar-refractivity contribution < 1.29 is 101 Å². The Labute approximate surface area is 193 Å². The second kappa shape index (κ2) is 15.1. The van der Waals surface area contributed by atoms with Gasteiger partial charge >= 0.3 is 80.9 Å². The molecule has 6 heteroatoms. The number of hydrogen-bond donors (Lipinski definition) is 0. The van der Waals surface area contributed by atoms with Crippen molar-refractivity contribution in [2.75, 3.05) is 0 Å². The fourth-order valence-electron chi connectivity index (χ4n) is 2.41. The fraction of sp³-hybridized carbons (Fsp3) is 0.867. The van der Waals surface area contributed by atoms with Crippen LogP contribution in [0.1, 0.15) is 72.1 Å². The maximum atomic E-state index is 11.2. The number of hydrogen-bond acceptors (Lipinski definition) is 4. The Morgan fingerprint density at radius 2 is 1.29 bits per heavy atom. The van der Waals surface area contributed by atoms with E-state index in [0.717, 1.165) is 19.3 Å². The minimum atomic E-state index is -1.84. The van der Waals surface area contributed by atoms with Crippen molar-refractivity contribution in [3.63, 3.8) is 0 Å². The van der Waals surface area contributed by atoms with Crippen molar-refractivity contribution in [1.29, 1.82) is 0 Å². The van der Waals surface area contributed by atoms with Crippen LogP contribution in [-0.2, 0) is 9.59 Å². The maximum Gasteiger partial charge on any atom is 1.00 e. The largest absolute Gasteiger partial charge is 1.00 e. The predicted octanol–water partition coefficient (Wildman–Crippen LogP) is -4.72. The molecule has 0 amide bonds. The van der Waals surface area contributed by atoms with Gasteiger partial charge in [-0.05, 0) is 12.3 Å². The summed E-state index contributed by atoms with van der Waals surface area (Å²) < 4.78 is 0. The molecule has 0 aromatic heterocycles. The first-order chi connectivity index (χ1) is 8.89. The summed E-state index contributed by atoms with van der Waals surface area (Å²) in [7, 11) is 0. The molecule has 0 radical (unpaired) electrons. The molecule has 0 saturated heterocycles. The summed E-state index contributed by atoms with van der Waals surface area (Å²) in [5.41, 5.74) is -1.84. The maximum absolute atomic E-state index is 11.2. The molecule has 0 aliphatic carbocycles. The number of carboxylic acids is 2. The van der Waals surface area contributed by atoms with Crippen LogP contribution >= 0.6 is 0 Å². The molecule has 0 heterocycles. The van der Waals surface area contributed by atoms with Gasteiger partial charge in [-0.25, -0.2) is 0 Å². The summed E-state index contributed by atoms with van der Waals surface area (Å²) in [6.45, 7) is 5.33. The normalized spacial score (nSPS) is 10.7. The molecule has 0 aliphatic rings. The molecule has 0 saturated carbocycles. The molecule has 0 rings (SSSR count). The number of unbranched alkanes of at least 4 members (excludes halogenated alkanes) is 6. The molecule has 0 bridgehead atoms. The number of carbonyl (C=O) groups is 2. The van der Waals surface area contributed by atoms with E-state index in [4.69, 9.17) is 0 Å². The van der Waals surface area contributed by atoms with Gasteiger partial charge in [0.25, 0.3) is 0 Å². The second-order valence-electron chi connectivity index (χ2n) is 5.57. The molecule has 0 atom stereocenters.